The van der Waals surface area contributed by atoms with Gasteiger partial charge in [-0.05, 0) is 31.4 Å². The fraction of sp³-hybridized carbons (Fsp3) is 0.444. The standard InChI is InChI=1S/C9H12N2.ClH/c10-9(5-3-6-9)8-4-1-2-7-11-8;/h1-2,4,7H,3,5-6,10H2;1H. The summed E-state index contributed by atoms with van der Waals surface area (Å²) in [7, 11) is 0. The zero-order chi connectivity index (χ0) is 7.73. The van der Waals surface area contributed by atoms with Crippen LogP contribution in [0.4, 0.5) is 0 Å². The van der Waals surface area contributed by atoms with Crippen molar-refractivity contribution in [2.45, 2.75) is 24.8 Å². The first-order valence-corrected chi connectivity index (χ1v) is 4.02. The van der Waals surface area contributed by atoms with E-state index in [0.29, 0.717) is 0 Å². The van der Waals surface area contributed by atoms with E-state index in [-0.39, 0.29) is 17.9 Å². The predicted octanol–water partition coefficient (Wildman–Crippen LogP) is 1.84. The summed E-state index contributed by atoms with van der Waals surface area (Å²) in [5.74, 6) is 0. The molecule has 3 heteroatoms. The molecule has 2 rings (SSSR count). The van der Waals surface area contributed by atoms with Crippen LogP contribution in [0.2, 0.25) is 0 Å². The van der Waals surface area contributed by atoms with Gasteiger partial charge in [0.25, 0.3) is 0 Å². The maximum Gasteiger partial charge on any atom is 0.0602 e. The minimum atomic E-state index is -0.0960. The number of nitrogens with two attached hydrogens (primary N) is 1. The van der Waals surface area contributed by atoms with Crippen molar-refractivity contribution >= 4 is 12.4 Å². The maximum absolute atomic E-state index is 6.06. The highest BCUT2D eigenvalue weighted by Crippen LogP contribution is 2.37. The molecule has 1 aliphatic carbocycles. The van der Waals surface area contributed by atoms with Gasteiger partial charge in [-0.25, -0.2) is 0 Å². The molecule has 1 aliphatic rings. The van der Waals surface area contributed by atoms with Gasteiger partial charge in [-0.3, -0.25) is 4.98 Å². The van der Waals surface area contributed by atoms with Crippen LogP contribution in [0.3, 0.4) is 0 Å². The third kappa shape index (κ3) is 1.45. The summed E-state index contributed by atoms with van der Waals surface area (Å²) in [6, 6.07) is 5.93. The number of hydrogen-bond donors (Lipinski definition) is 1. The van der Waals surface area contributed by atoms with Gasteiger partial charge in [-0.1, -0.05) is 6.07 Å². The van der Waals surface area contributed by atoms with E-state index in [1.807, 2.05) is 24.4 Å². The van der Waals surface area contributed by atoms with Crippen molar-refractivity contribution in [1.29, 1.82) is 0 Å². The molecule has 0 spiro atoms. The van der Waals surface area contributed by atoms with Gasteiger partial charge in [0.15, 0.2) is 0 Å². The molecule has 1 saturated carbocycles. The lowest BCUT2D eigenvalue weighted by molar-refractivity contribution is 0.246. The molecule has 0 bridgehead atoms. The number of nitrogens with zero attached hydrogens (tertiary/aromatic N) is 1. The average molecular weight is 185 g/mol. The number of aromatic nitrogens is 1. The first-order valence-electron chi connectivity index (χ1n) is 4.02. The Bertz CT molecular complexity index is 244. The molecule has 0 saturated heterocycles. The van der Waals surface area contributed by atoms with E-state index in [2.05, 4.69) is 4.98 Å². The van der Waals surface area contributed by atoms with Crippen LogP contribution in [0.5, 0.6) is 0 Å². The molecular weight excluding hydrogens is 172 g/mol. The predicted molar refractivity (Wildman–Crippen MR) is 51.2 cm³/mol. The summed E-state index contributed by atoms with van der Waals surface area (Å²) in [5.41, 5.74) is 7.01. The van der Waals surface area contributed by atoms with Crippen LogP contribution >= 0.6 is 12.4 Å². The molecular formula is C9H13ClN2. The molecule has 1 fully saturated rings. The molecule has 66 valence electrons. The van der Waals surface area contributed by atoms with Crippen molar-refractivity contribution in [3.8, 4) is 0 Å². The summed E-state index contributed by atoms with van der Waals surface area (Å²) >= 11 is 0. The van der Waals surface area contributed by atoms with E-state index in [1.54, 1.807) is 0 Å². The number of rotatable bonds is 1. The van der Waals surface area contributed by atoms with Crippen LogP contribution in [-0.2, 0) is 5.54 Å². The van der Waals surface area contributed by atoms with Crippen LogP contribution in [0, 0.1) is 0 Å². The highest BCUT2D eigenvalue weighted by Gasteiger charge is 2.35. The molecule has 2 N–H and O–H groups in total. The van der Waals surface area contributed by atoms with Gasteiger partial charge in [0.2, 0.25) is 0 Å². The fourth-order valence-electron chi connectivity index (χ4n) is 1.47. The molecule has 0 amide bonds. The Hall–Kier alpha value is -0.600. The molecule has 0 aromatic carbocycles. The quantitative estimate of drug-likeness (QED) is 0.724. The topological polar surface area (TPSA) is 38.9 Å². The van der Waals surface area contributed by atoms with Crippen LogP contribution in [0.1, 0.15) is 25.0 Å². The van der Waals surface area contributed by atoms with E-state index >= 15 is 0 Å². The van der Waals surface area contributed by atoms with Gasteiger partial charge in [-0.2, -0.15) is 0 Å². The van der Waals surface area contributed by atoms with Crippen molar-refractivity contribution in [3.05, 3.63) is 30.1 Å². The number of pyridine rings is 1. The number of halogens is 1. The fourth-order valence-corrected chi connectivity index (χ4v) is 1.47. The SMILES string of the molecule is Cl.NC1(c2ccccn2)CCC1. The van der Waals surface area contributed by atoms with Gasteiger partial charge >= 0.3 is 0 Å². The van der Waals surface area contributed by atoms with Gasteiger partial charge in [0.05, 0.1) is 11.2 Å². The van der Waals surface area contributed by atoms with E-state index in [1.165, 1.54) is 6.42 Å². The van der Waals surface area contributed by atoms with Crippen LogP contribution in [-0.4, -0.2) is 4.98 Å². The van der Waals surface area contributed by atoms with E-state index in [4.69, 9.17) is 5.73 Å². The van der Waals surface area contributed by atoms with Crippen molar-refractivity contribution in [3.63, 3.8) is 0 Å². The lowest BCUT2D eigenvalue weighted by Crippen LogP contribution is -2.43. The lowest BCUT2D eigenvalue weighted by atomic mass is 9.75. The van der Waals surface area contributed by atoms with Crippen LogP contribution in [0.25, 0.3) is 0 Å². The summed E-state index contributed by atoms with van der Waals surface area (Å²) in [6.45, 7) is 0. The van der Waals surface area contributed by atoms with E-state index < -0.39 is 0 Å². The van der Waals surface area contributed by atoms with Gasteiger partial charge in [0.1, 0.15) is 0 Å². The molecule has 0 atom stereocenters. The molecule has 0 unspecified atom stereocenters. The third-order valence-electron chi connectivity index (χ3n) is 2.42. The molecule has 1 heterocycles. The Kier molecular flexibility index (Phi) is 2.70. The Morgan fingerprint density at radius 2 is 2.08 bits per heavy atom. The second-order valence-electron chi connectivity index (χ2n) is 3.22. The van der Waals surface area contributed by atoms with Gasteiger partial charge < -0.3 is 5.73 Å². The zero-order valence-corrected chi connectivity index (χ0v) is 7.68. The Balaban J connectivity index is 0.000000720. The third-order valence-corrected chi connectivity index (χ3v) is 2.42. The van der Waals surface area contributed by atoms with Gasteiger partial charge in [0, 0.05) is 6.20 Å². The van der Waals surface area contributed by atoms with Crippen molar-refractivity contribution in [1.82, 2.24) is 4.98 Å². The maximum atomic E-state index is 6.06. The molecule has 0 radical (unpaired) electrons. The second-order valence-corrected chi connectivity index (χ2v) is 3.22. The first kappa shape index (κ1) is 9.49. The smallest absolute Gasteiger partial charge is 0.0602 e. The Morgan fingerprint density at radius 3 is 2.50 bits per heavy atom. The van der Waals surface area contributed by atoms with Crippen molar-refractivity contribution in [2.24, 2.45) is 5.73 Å². The minimum Gasteiger partial charge on any atom is -0.320 e. The highest BCUT2D eigenvalue weighted by molar-refractivity contribution is 5.85. The highest BCUT2D eigenvalue weighted by atomic mass is 35.5. The lowest BCUT2D eigenvalue weighted by Gasteiger charge is -2.37. The normalized spacial score (nSPS) is 19.1. The number of hydrogen-bond acceptors (Lipinski definition) is 2. The molecule has 0 aliphatic heterocycles. The summed E-state index contributed by atoms with van der Waals surface area (Å²) in [4.78, 5) is 4.25. The minimum absolute atomic E-state index is 0. The summed E-state index contributed by atoms with van der Waals surface area (Å²) in [6.07, 6.45) is 5.23. The molecule has 1 aromatic rings. The largest absolute Gasteiger partial charge is 0.320 e. The monoisotopic (exact) mass is 184 g/mol. The Morgan fingerprint density at radius 1 is 1.33 bits per heavy atom. The van der Waals surface area contributed by atoms with E-state index in [9.17, 15) is 0 Å². The van der Waals surface area contributed by atoms with Crippen LogP contribution < -0.4 is 5.73 Å². The zero-order valence-electron chi connectivity index (χ0n) is 6.86. The average Bonchev–Trinajstić information content (AvgIpc) is 2.02. The summed E-state index contributed by atoms with van der Waals surface area (Å²) in [5, 5.41) is 0. The van der Waals surface area contributed by atoms with Crippen LogP contribution in [0.15, 0.2) is 24.4 Å². The Labute approximate surface area is 78.6 Å². The first-order chi connectivity index (χ1) is 5.31. The van der Waals surface area contributed by atoms with Gasteiger partial charge in [-0.15, -0.1) is 12.4 Å². The second kappa shape index (κ2) is 3.42. The molecule has 12 heavy (non-hydrogen) atoms. The molecule has 1 aromatic heterocycles. The summed E-state index contributed by atoms with van der Waals surface area (Å²) < 4.78 is 0. The molecule has 2 nitrogen and oxygen atoms in total. The van der Waals surface area contributed by atoms with Crippen molar-refractivity contribution in [2.75, 3.05) is 0 Å². The van der Waals surface area contributed by atoms with E-state index in [0.717, 1.165) is 18.5 Å². The van der Waals surface area contributed by atoms with Crippen molar-refractivity contribution < 1.29 is 0 Å².